The average Bonchev–Trinajstić information content (AvgIpc) is 2.72. The Balaban J connectivity index is 1.40. The van der Waals surface area contributed by atoms with E-state index >= 15 is 0 Å². The van der Waals surface area contributed by atoms with E-state index in [-0.39, 0.29) is 22.0 Å². The standard InChI is InChI=1S/C24H25NO4/c26-22(29-15-17-4-2-1-3-5-17)24-13-18-10-19(14-24)12-23(11-18,16-24)20-6-8-21(9-7-20)25(27)28/h1-9,18-19H,10-16H2/t18-,19+,23?,24?. The number of nitrogens with zero attached hydrogens (tertiary/aromatic N) is 1. The third-order valence-electron chi connectivity index (χ3n) is 7.40. The molecule has 0 aliphatic heterocycles. The van der Waals surface area contributed by atoms with Crippen LogP contribution in [-0.4, -0.2) is 10.9 Å². The highest BCUT2D eigenvalue weighted by Crippen LogP contribution is 2.66. The predicted molar refractivity (Wildman–Crippen MR) is 108 cm³/mol. The lowest BCUT2D eigenvalue weighted by atomic mass is 9.43. The van der Waals surface area contributed by atoms with E-state index in [0.717, 1.165) is 43.2 Å². The Morgan fingerprint density at radius 3 is 2.28 bits per heavy atom. The Bertz CT molecular complexity index is 923. The number of carbonyl (C=O) groups excluding carboxylic acids is 1. The zero-order valence-electron chi connectivity index (χ0n) is 16.4. The second-order valence-corrected chi connectivity index (χ2v) is 9.39. The van der Waals surface area contributed by atoms with E-state index in [1.54, 1.807) is 12.1 Å². The quantitative estimate of drug-likeness (QED) is 0.400. The highest BCUT2D eigenvalue weighted by Gasteiger charge is 2.61. The van der Waals surface area contributed by atoms with Crippen molar-refractivity contribution in [1.82, 2.24) is 0 Å². The average molecular weight is 391 g/mol. The van der Waals surface area contributed by atoms with Gasteiger partial charge in [-0.1, -0.05) is 42.5 Å². The van der Waals surface area contributed by atoms with Crippen LogP contribution in [0, 0.1) is 27.4 Å². The molecule has 2 unspecified atom stereocenters. The van der Waals surface area contributed by atoms with Gasteiger partial charge in [0.15, 0.2) is 0 Å². The molecule has 0 aromatic heterocycles. The second-order valence-electron chi connectivity index (χ2n) is 9.39. The molecule has 4 saturated carbocycles. The molecule has 5 heteroatoms. The Labute approximate surface area is 170 Å². The van der Waals surface area contributed by atoms with Crippen LogP contribution in [0.2, 0.25) is 0 Å². The first kappa shape index (κ1) is 18.3. The molecule has 6 rings (SSSR count). The minimum atomic E-state index is -0.402. The summed E-state index contributed by atoms with van der Waals surface area (Å²) in [6.07, 6.45) is 6.00. The van der Waals surface area contributed by atoms with Gasteiger partial charge in [-0.3, -0.25) is 14.9 Å². The minimum Gasteiger partial charge on any atom is -0.460 e. The fraction of sp³-hybridized carbons (Fsp3) is 0.458. The molecule has 2 aromatic carbocycles. The molecule has 0 amide bonds. The molecule has 4 aliphatic rings. The molecule has 2 aromatic rings. The van der Waals surface area contributed by atoms with E-state index in [1.165, 1.54) is 6.42 Å². The SMILES string of the molecule is O=C(OCc1ccccc1)C12C[C@H]3C[C@@H](C1)CC(c1ccc([N+](=O)[O-])cc1)(C3)C2. The maximum atomic E-state index is 13.3. The van der Waals surface area contributed by atoms with Crippen LogP contribution in [0.4, 0.5) is 5.69 Å². The summed E-state index contributed by atoms with van der Waals surface area (Å²) in [4.78, 5) is 24.0. The molecular weight excluding hydrogens is 366 g/mol. The zero-order valence-corrected chi connectivity index (χ0v) is 16.4. The molecule has 0 radical (unpaired) electrons. The van der Waals surface area contributed by atoms with Gasteiger partial charge < -0.3 is 4.74 Å². The number of nitro groups is 1. The van der Waals surface area contributed by atoms with Crippen molar-refractivity contribution in [2.45, 2.75) is 50.5 Å². The molecule has 0 N–H and O–H groups in total. The lowest BCUT2D eigenvalue weighted by Crippen LogP contribution is -2.57. The molecular formula is C24H25NO4. The minimum absolute atomic E-state index is 0.0506. The largest absolute Gasteiger partial charge is 0.460 e. The summed E-state index contributed by atoms with van der Waals surface area (Å²) in [5.74, 6) is 1.02. The van der Waals surface area contributed by atoms with Crippen LogP contribution in [0.3, 0.4) is 0 Å². The van der Waals surface area contributed by atoms with E-state index in [2.05, 4.69) is 0 Å². The first-order valence-corrected chi connectivity index (χ1v) is 10.4. The molecule has 0 heterocycles. The molecule has 4 aliphatic carbocycles. The number of carbonyl (C=O) groups is 1. The topological polar surface area (TPSA) is 69.4 Å². The fourth-order valence-corrected chi connectivity index (χ4v) is 6.65. The first-order chi connectivity index (χ1) is 14.0. The lowest BCUT2D eigenvalue weighted by molar-refractivity contribution is -0.384. The lowest BCUT2D eigenvalue weighted by Gasteiger charge is -2.61. The Morgan fingerprint density at radius 2 is 1.66 bits per heavy atom. The molecule has 4 fully saturated rings. The van der Waals surface area contributed by atoms with Gasteiger partial charge in [0.1, 0.15) is 6.61 Å². The van der Waals surface area contributed by atoms with Gasteiger partial charge in [0.25, 0.3) is 5.69 Å². The monoisotopic (exact) mass is 391 g/mol. The van der Waals surface area contributed by atoms with Crippen LogP contribution < -0.4 is 0 Å². The van der Waals surface area contributed by atoms with Crippen molar-refractivity contribution in [3.8, 4) is 0 Å². The van der Waals surface area contributed by atoms with Gasteiger partial charge in [-0.05, 0) is 66.9 Å². The van der Waals surface area contributed by atoms with Crippen molar-refractivity contribution in [2.24, 2.45) is 17.3 Å². The summed E-state index contributed by atoms with van der Waals surface area (Å²) in [5, 5.41) is 11.0. The smallest absolute Gasteiger partial charge is 0.312 e. The maximum Gasteiger partial charge on any atom is 0.312 e. The van der Waals surface area contributed by atoms with Crippen molar-refractivity contribution in [1.29, 1.82) is 0 Å². The maximum absolute atomic E-state index is 13.3. The third-order valence-corrected chi connectivity index (χ3v) is 7.40. The highest BCUT2D eigenvalue weighted by molar-refractivity contribution is 5.78. The van der Waals surface area contributed by atoms with Gasteiger partial charge in [0.2, 0.25) is 0 Å². The number of non-ortho nitro benzene ring substituents is 1. The summed E-state index contributed by atoms with van der Waals surface area (Å²) in [7, 11) is 0. The molecule has 4 atom stereocenters. The van der Waals surface area contributed by atoms with Crippen LogP contribution in [-0.2, 0) is 21.6 Å². The zero-order chi connectivity index (χ0) is 20.1. The van der Waals surface area contributed by atoms with Crippen molar-refractivity contribution >= 4 is 11.7 Å². The number of rotatable bonds is 5. The van der Waals surface area contributed by atoms with E-state index in [1.807, 2.05) is 42.5 Å². The normalized spacial score (nSPS) is 32.1. The Morgan fingerprint density at radius 1 is 1.00 bits per heavy atom. The van der Waals surface area contributed by atoms with Gasteiger partial charge in [0.05, 0.1) is 10.3 Å². The van der Waals surface area contributed by atoms with Gasteiger partial charge in [-0.15, -0.1) is 0 Å². The van der Waals surface area contributed by atoms with E-state index in [4.69, 9.17) is 4.74 Å². The number of benzene rings is 2. The van der Waals surface area contributed by atoms with Crippen LogP contribution in [0.25, 0.3) is 0 Å². The molecule has 4 bridgehead atoms. The highest BCUT2D eigenvalue weighted by atomic mass is 16.6. The molecule has 0 saturated heterocycles. The van der Waals surface area contributed by atoms with Crippen molar-refractivity contribution in [3.63, 3.8) is 0 Å². The number of ether oxygens (including phenoxy) is 1. The molecule has 0 spiro atoms. The van der Waals surface area contributed by atoms with Gasteiger partial charge in [-0.2, -0.15) is 0 Å². The van der Waals surface area contributed by atoms with Crippen molar-refractivity contribution < 1.29 is 14.5 Å². The number of hydrogen-bond donors (Lipinski definition) is 0. The summed E-state index contributed by atoms with van der Waals surface area (Å²) >= 11 is 0. The van der Waals surface area contributed by atoms with Crippen LogP contribution in [0.1, 0.15) is 49.7 Å². The van der Waals surface area contributed by atoms with Gasteiger partial charge in [0, 0.05) is 12.1 Å². The van der Waals surface area contributed by atoms with Gasteiger partial charge >= 0.3 is 5.97 Å². The molecule has 29 heavy (non-hydrogen) atoms. The Hall–Kier alpha value is -2.69. The Kier molecular flexibility index (Phi) is 4.23. The van der Waals surface area contributed by atoms with Crippen molar-refractivity contribution in [3.05, 3.63) is 75.8 Å². The summed E-state index contributed by atoms with van der Waals surface area (Å²) in [6, 6.07) is 16.9. The summed E-state index contributed by atoms with van der Waals surface area (Å²) in [6.45, 7) is 0.321. The van der Waals surface area contributed by atoms with Crippen LogP contribution >= 0.6 is 0 Å². The fourth-order valence-electron chi connectivity index (χ4n) is 6.65. The van der Waals surface area contributed by atoms with Crippen LogP contribution in [0.15, 0.2) is 54.6 Å². The van der Waals surface area contributed by atoms with Crippen molar-refractivity contribution in [2.75, 3.05) is 0 Å². The summed E-state index contributed by atoms with van der Waals surface area (Å²) < 4.78 is 5.82. The number of esters is 1. The second kappa shape index (κ2) is 6.68. The van der Waals surface area contributed by atoms with Crippen LogP contribution in [0.5, 0.6) is 0 Å². The number of nitro benzene ring substituents is 1. The number of hydrogen-bond acceptors (Lipinski definition) is 4. The third kappa shape index (κ3) is 3.13. The van der Waals surface area contributed by atoms with Gasteiger partial charge in [-0.25, -0.2) is 0 Å². The molecule has 5 nitrogen and oxygen atoms in total. The molecule has 150 valence electrons. The predicted octanol–water partition coefficient (Wildman–Crippen LogP) is 5.18. The van der Waals surface area contributed by atoms with E-state index < -0.39 is 5.41 Å². The van der Waals surface area contributed by atoms with E-state index in [9.17, 15) is 14.9 Å². The first-order valence-electron chi connectivity index (χ1n) is 10.4. The summed E-state index contributed by atoms with van der Waals surface area (Å²) in [5.41, 5.74) is 1.83. The van der Waals surface area contributed by atoms with E-state index in [0.29, 0.717) is 18.4 Å².